The molecule has 1 unspecified atom stereocenters. The quantitative estimate of drug-likeness (QED) is 0.909. The predicted molar refractivity (Wildman–Crippen MR) is 97.0 cm³/mol. The van der Waals surface area contributed by atoms with Crippen LogP contribution in [0.3, 0.4) is 0 Å². The number of nitrogens with one attached hydrogen (secondary N) is 1. The third-order valence-electron chi connectivity index (χ3n) is 4.85. The highest BCUT2D eigenvalue weighted by Crippen LogP contribution is 2.17. The average Bonchev–Trinajstić information content (AvgIpc) is 2.98. The van der Waals surface area contributed by atoms with E-state index in [2.05, 4.69) is 53.5 Å². The van der Waals surface area contributed by atoms with Gasteiger partial charge in [0.1, 0.15) is 11.6 Å². The Bertz CT molecular complexity index is 710. The fourth-order valence-corrected chi connectivity index (χ4v) is 3.22. The molecule has 6 heteroatoms. The molecule has 1 aromatic carbocycles. The lowest BCUT2D eigenvalue weighted by atomic mass is 9.89. The molecule has 0 saturated carbocycles. The van der Waals surface area contributed by atoms with E-state index in [9.17, 15) is 4.79 Å². The van der Waals surface area contributed by atoms with Crippen LogP contribution in [-0.4, -0.2) is 38.8 Å². The van der Waals surface area contributed by atoms with Crippen molar-refractivity contribution in [1.82, 2.24) is 25.0 Å². The van der Waals surface area contributed by atoms with Gasteiger partial charge in [0.25, 0.3) is 0 Å². The van der Waals surface area contributed by atoms with Crippen molar-refractivity contribution in [1.29, 1.82) is 0 Å². The van der Waals surface area contributed by atoms with Gasteiger partial charge in [0.2, 0.25) is 0 Å². The molecule has 0 aliphatic carbocycles. The number of benzene rings is 1. The fourth-order valence-electron chi connectivity index (χ4n) is 3.22. The van der Waals surface area contributed by atoms with Crippen molar-refractivity contribution in [2.24, 2.45) is 11.8 Å². The molecule has 0 spiro atoms. The van der Waals surface area contributed by atoms with Crippen molar-refractivity contribution in [3.8, 4) is 0 Å². The Balaban J connectivity index is 1.55. The molecule has 0 fully saturated rings. The standard InChI is InChI=1S/C19H27N5O/c1-14(2)17(11-16-7-5-4-6-8-16)12-20-19(25)23-9-10-24-18(13-23)21-15(3)22-24/h4-8,14,17H,9-13H2,1-3H3,(H,20,25). The number of fused-ring (bicyclic) bond motifs is 1. The molecule has 134 valence electrons. The van der Waals surface area contributed by atoms with Crippen LogP contribution < -0.4 is 5.32 Å². The molecule has 1 aromatic heterocycles. The van der Waals surface area contributed by atoms with Crippen molar-refractivity contribution < 1.29 is 4.79 Å². The molecular weight excluding hydrogens is 314 g/mol. The zero-order valence-corrected chi connectivity index (χ0v) is 15.3. The highest BCUT2D eigenvalue weighted by molar-refractivity contribution is 5.74. The topological polar surface area (TPSA) is 63.1 Å². The molecule has 1 atom stereocenters. The zero-order chi connectivity index (χ0) is 17.8. The van der Waals surface area contributed by atoms with Crippen LogP contribution in [-0.2, 0) is 19.5 Å². The van der Waals surface area contributed by atoms with Gasteiger partial charge in [-0.1, -0.05) is 44.2 Å². The van der Waals surface area contributed by atoms with Gasteiger partial charge in [-0.2, -0.15) is 5.10 Å². The van der Waals surface area contributed by atoms with Gasteiger partial charge in [-0.05, 0) is 30.7 Å². The first-order chi connectivity index (χ1) is 12.0. The second-order valence-corrected chi connectivity index (χ2v) is 7.10. The van der Waals surface area contributed by atoms with Crippen LogP contribution in [0, 0.1) is 18.8 Å². The Kier molecular flexibility index (Phi) is 5.36. The zero-order valence-electron chi connectivity index (χ0n) is 15.3. The first-order valence-electron chi connectivity index (χ1n) is 9.00. The van der Waals surface area contributed by atoms with Crippen LogP contribution in [0.2, 0.25) is 0 Å². The molecule has 0 saturated heterocycles. The predicted octanol–water partition coefficient (Wildman–Crippen LogP) is 2.63. The Morgan fingerprint density at radius 3 is 2.72 bits per heavy atom. The first-order valence-corrected chi connectivity index (χ1v) is 9.00. The summed E-state index contributed by atoms with van der Waals surface area (Å²) in [4.78, 5) is 18.8. The fraction of sp³-hybridized carbons (Fsp3) is 0.526. The van der Waals surface area contributed by atoms with E-state index < -0.39 is 0 Å². The maximum absolute atomic E-state index is 12.6. The number of carbonyl (C=O) groups is 1. The highest BCUT2D eigenvalue weighted by Gasteiger charge is 2.24. The van der Waals surface area contributed by atoms with E-state index in [1.165, 1.54) is 5.56 Å². The molecule has 25 heavy (non-hydrogen) atoms. The number of aryl methyl sites for hydroxylation is 1. The van der Waals surface area contributed by atoms with Crippen LogP contribution in [0.4, 0.5) is 4.79 Å². The van der Waals surface area contributed by atoms with Crippen LogP contribution in [0.25, 0.3) is 0 Å². The summed E-state index contributed by atoms with van der Waals surface area (Å²) < 4.78 is 1.89. The monoisotopic (exact) mass is 341 g/mol. The van der Waals surface area contributed by atoms with Gasteiger partial charge >= 0.3 is 6.03 Å². The summed E-state index contributed by atoms with van der Waals surface area (Å²) in [6.45, 7) is 8.91. The van der Waals surface area contributed by atoms with Gasteiger partial charge in [0.15, 0.2) is 0 Å². The molecule has 1 aliphatic heterocycles. The molecular formula is C19H27N5O. The minimum Gasteiger partial charge on any atom is -0.338 e. The summed E-state index contributed by atoms with van der Waals surface area (Å²) in [5, 5.41) is 7.46. The number of nitrogens with zero attached hydrogens (tertiary/aromatic N) is 4. The van der Waals surface area contributed by atoms with Gasteiger partial charge in [-0.25, -0.2) is 14.5 Å². The Morgan fingerprint density at radius 2 is 2.00 bits per heavy atom. The van der Waals surface area contributed by atoms with E-state index in [0.29, 0.717) is 38.0 Å². The number of hydrogen-bond donors (Lipinski definition) is 1. The summed E-state index contributed by atoms with van der Waals surface area (Å²) in [6, 6.07) is 10.5. The Hall–Kier alpha value is -2.37. The normalized spacial score (nSPS) is 15.1. The third-order valence-corrected chi connectivity index (χ3v) is 4.85. The van der Waals surface area contributed by atoms with E-state index in [0.717, 1.165) is 18.1 Å². The third kappa shape index (κ3) is 4.38. The molecule has 6 nitrogen and oxygen atoms in total. The van der Waals surface area contributed by atoms with E-state index >= 15 is 0 Å². The van der Waals surface area contributed by atoms with Crippen molar-refractivity contribution in [3.05, 3.63) is 47.5 Å². The highest BCUT2D eigenvalue weighted by atomic mass is 16.2. The van der Waals surface area contributed by atoms with Gasteiger partial charge in [-0.3, -0.25) is 0 Å². The molecule has 0 radical (unpaired) electrons. The summed E-state index contributed by atoms with van der Waals surface area (Å²) in [5.41, 5.74) is 1.32. The molecule has 1 aliphatic rings. The van der Waals surface area contributed by atoms with Crippen molar-refractivity contribution >= 4 is 6.03 Å². The lowest BCUT2D eigenvalue weighted by Gasteiger charge is -2.28. The van der Waals surface area contributed by atoms with Crippen LogP contribution in [0.1, 0.15) is 31.1 Å². The summed E-state index contributed by atoms with van der Waals surface area (Å²) >= 11 is 0. The smallest absolute Gasteiger partial charge is 0.317 e. The molecule has 0 bridgehead atoms. The Morgan fingerprint density at radius 1 is 1.24 bits per heavy atom. The van der Waals surface area contributed by atoms with Crippen molar-refractivity contribution in [3.63, 3.8) is 0 Å². The summed E-state index contributed by atoms with van der Waals surface area (Å²) in [5.74, 6) is 2.55. The number of aromatic nitrogens is 3. The Labute approximate surface area is 149 Å². The maximum atomic E-state index is 12.6. The average molecular weight is 341 g/mol. The lowest BCUT2D eigenvalue weighted by Crippen LogP contribution is -2.46. The van der Waals surface area contributed by atoms with E-state index in [-0.39, 0.29) is 6.03 Å². The molecule has 3 rings (SSSR count). The largest absolute Gasteiger partial charge is 0.338 e. The molecule has 2 amide bonds. The summed E-state index contributed by atoms with van der Waals surface area (Å²) in [6.07, 6.45) is 0.978. The molecule has 2 heterocycles. The minimum atomic E-state index is -0.00869. The number of carbonyl (C=O) groups excluding carboxylic acids is 1. The van der Waals surface area contributed by atoms with Crippen LogP contribution in [0.15, 0.2) is 30.3 Å². The SMILES string of the molecule is Cc1nc2n(n1)CCN(C(=O)NCC(Cc1ccccc1)C(C)C)C2. The lowest BCUT2D eigenvalue weighted by molar-refractivity contribution is 0.176. The van der Waals surface area contributed by atoms with E-state index in [4.69, 9.17) is 0 Å². The van der Waals surface area contributed by atoms with Gasteiger partial charge < -0.3 is 10.2 Å². The first kappa shape index (κ1) is 17.5. The van der Waals surface area contributed by atoms with Gasteiger partial charge in [0, 0.05) is 13.1 Å². The number of hydrogen-bond acceptors (Lipinski definition) is 3. The molecule has 1 N–H and O–H groups in total. The second kappa shape index (κ2) is 7.68. The van der Waals surface area contributed by atoms with E-state index in [1.54, 1.807) is 0 Å². The molecule has 2 aromatic rings. The van der Waals surface area contributed by atoms with Crippen molar-refractivity contribution in [2.45, 2.75) is 40.3 Å². The van der Waals surface area contributed by atoms with Crippen molar-refractivity contribution in [2.75, 3.05) is 13.1 Å². The van der Waals surface area contributed by atoms with Crippen LogP contribution >= 0.6 is 0 Å². The number of amides is 2. The minimum absolute atomic E-state index is 0.00869. The van der Waals surface area contributed by atoms with E-state index in [1.807, 2.05) is 22.6 Å². The van der Waals surface area contributed by atoms with Gasteiger partial charge in [-0.15, -0.1) is 0 Å². The number of rotatable bonds is 5. The number of urea groups is 1. The second-order valence-electron chi connectivity index (χ2n) is 7.10. The van der Waals surface area contributed by atoms with Gasteiger partial charge in [0.05, 0.1) is 13.1 Å². The summed E-state index contributed by atoms with van der Waals surface area (Å²) in [7, 11) is 0. The maximum Gasteiger partial charge on any atom is 0.317 e. The van der Waals surface area contributed by atoms with Crippen LogP contribution in [0.5, 0.6) is 0 Å².